The Balaban J connectivity index is 1.94. The van der Waals surface area contributed by atoms with Crippen LogP contribution in [0.2, 0.25) is 0 Å². The lowest BCUT2D eigenvalue weighted by atomic mass is 10.0. The lowest BCUT2D eigenvalue weighted by molar-refractivity contribution is -0.350. The third kappa shape index (κ3) is 3.05. The summed E-state index contributed by atoms with van der Waals surface area (Å²) in [6.07, 6.45) is -11.1. The first-order valence-electron chi connectivity index (χ1n) is 5.89. The average molecular weight is 282 g/mol. The predicted molar refractivity (Wildman–Crippen MR) is 56.6 cm³/mol. The Morgan fingerprint density at radius 1 is 0.632 bits per heavy atom. The van der Waals surface area contributed by atoms with E-state index in [9.17, 15) is 30.6 Å². The molecule has 6 N–H and O–H groups in total. The Labute approximate surface area is 108 Å². The fourth-order valence-electron chi connectivity index (χ4n) is 1.93. The van der Waals surface area contributed by atoms with Crippen LogP contribution in [0.1, 0.15) is 0 Å². The molecule has 9 nitrogen and oxygen atoms in total. The zero-order valence-corrected chi connectivity index (χ0v) is 9.94. The molecule has 2 fully saturated rings. The van der Waals surface area contributed by atoms with Gasteiger partial charge in [-0.25, -0.2) is 0 Å². The Bertz CT molecular complexity index is 273. The topological polar surface area (TPSA) is 149 Å². The van der Waals surface area contributed by atoms with Crippen molar-refractivity contribution < 1.29 is 44.8 Å². The minimum atomic E-state index is -1.52. The van der Waals surface area contributed by atoms with Crippen LogP contribution in [0.5, 0.6) is 0 Å². The molecule has 2 heterocycles. The first-order chi connectivity index (χ1) is 8.91. The van der Waals surface area contributed by atoms with Crippen molar-refractivity contribution in [3.8, 4) is 0 Å². The molecule has 112 valence electrons. The standard InChI is InChI=1S/C10H18O9/c11-3-1-17-9(7(15)5(3)13)19-10-8(16)6(14)4(12)2-18-10/h3-16H,1-2H2/t3-,4-,5+,6+,7-,8+,9+,10-/m1/s1. The lowest BCUT2D eigenvalue weighted by Gasteiger charge is -2.40. The summed E-state index contributed by atoms with van der Waals surface area (Å²) < 4.78 is 15.0. The molecule has 2 aliphatic rings. The van der Waals surface area contributed by atoms with Crippen molar-refractivity contribution in [2.45, 2.75) is 49.2 Å². The molecule has 0 aromatic carbocycles. The molecule has 0 amide bonds. The maximum absolute atomic E-state index is 9.63. The van der Waals surface area contributed by atoms with E-state index >= 15 is 0 Å². The van der Waals surface area contributed by atoms with Crippen molar-refractivity contribution in [3.05, 3.63) is 0 Å². The van der Waals surface area contributed by atoms with Gasteiger partial charge in [-0.1, -0.05) is 0 Å². The zero-order chi connectivity index (χ0) is 14.2. The van der Waals surface area contributed by atoms with Crippen molar-refractivity contribution in [3.63, 3.8) is 0 Å². The second-order valence-corrected chi connectivity index (χ2v) is 4.64. The SMILES string of the molecule is O[C@@H]1[C@@H](O[C@@H]2OC[C@@H](O)[C@H](O)[C@H]2O)OC[C@@H](O)[C@@H]1O. The Hall–Kier alpha value is -0.360. The molecule has 0 spiro atoms. The van der Waals surface area contributed by atoms with Gasteiger partial charge in [-0.15, -0.1) is 0 Å². The highest BCUT2D eigenvalue weighted by atomic mass is 16.8. The van der Waals surface area contributed by atoms with Crippen LogP contribution in [0.25, 0.3) is 0 Å². The van der Waals surface area contributed by atoms with Gasteiger partial charge in [-0.05, 0) is 0 Å². The number of hydrogen-bond acceptors (Lipinski definition) is 9. The molecule has 2 rings (SSSR count). The smallest absolute Gasteiger partial charge is 0.189 e. The van der Waals surface area contributed by atoms with Gasteiger partial charge >= 0.3 is 0 Å². The molecule has 0 aromatic rings. The van der Waals surface area contributed by atoms with Crippen LogP contribution in [0.3, 0.4) is 0 Å². The van der Waals surface area contributed by atoms with E-state index in [-0.39, 0.29) is 13.2 Å². The minimum Gasteiger partial charge on any atom is -0.388 e. The van der Waals surface area contributed by atoms with Crippen LogP contribution >= 0.6 is 0 Å². The quantitative estimate of drug-likeness (QED) is 0.297. The zero-order valence-electron chi connectivity index (χ0n) is 9.94. The second-order valence-electron chi connectivity index (χ2n) is 4.64. The first kappa shape index (κ1) is 15.0. The number of hydrogen-bond donors (Lipinski definition) is 6. The monoisotopic (exact) mass is 282 g/mol. The highest BCUT2D eigenvalue weighted by Gasteiger charge is 2.44. The van der Waals surface area contributed by atoms with Crippen molar-refractivity contribution in [1.82, 2.24) is 0 Å². The van der Waals surface area contributed by atoms with Gasteiger partial charge in [0.25, 0.3) is 0 Å². The van der Waals surface area contributed by atoms with Gasteiger partial charge in [-0.3, -0.25) is 0 Å². The van der Waals surface area contributed by atoms with Crippen LogP contribution in [-0.2, 0) is 14.2 Å². The van der Waals surface area contributed by atoms with Crippen molar-refractivity contribution in [1.29, 1.82) is 0 Å². The molecule has 19 heavy (non-hydrogen) atoms. The highest BCUT2D eigenvalue weighted by Crippen LogP contribution is 2.23. The van der Waals surface area contributed by atoms with E-state index < -0.39 is 49.2 Å². The van der Waals surface area contributed by atoms with Crippen LogP contribution in [0.4, 0.5) is 0 Å². The van der Waals surface area contributed by atoms with E-state index in [0.29, 0.717) is 0 Å². The van der Waals surface area contributed by atoms with E-state index in [1.54, 1.807) is 0 Å². The van der Waals surface area contributed by atoms with Crippen molar-refractivity contribution in [2.75, 3.05) is 13.2 Å². The largest absolute Gasteiger partial charge is 0.388 e. The molecular weight excluding hydrogens is 264 g/mol. The van der Waals surface area contributed by atoms with E-state index in [2.05, 4.69) is 0 Å². The van der Waals surface area contributed by atoms with Crippen LogP contribution in [0, 0.1) is 0 Å². The third-order valence-electron chi connectivity index (χ3n) is 3.18. The summed E-state index contributed by atoms with van der Waals surface area (Å²) in [6.45, 7) is -0.506. The Kier molecular flexibility index (Phi) is 4.71. The van der Waals surface area contributed by atoms with Gasteiger partial charge in [0.2, 0.25) is 0 Å². The maximum atomic E-state index is 9.63. The molecule has 0 aliphatic carbocycles. The van der Waals surface area contributed by atoms with E-state index in [4.69, 9.17) is 14.2 Å². The number of ether oxygens (including phenoxy) is 3. The molecule has 8 atom stereocenters. The van der Waals surface area contributed by atoms with Gasteiger partial charge < -0.3 is 44.8 Å². The third-order valence-corrected chi connectivity index (χ3v) is 3.18. The van der Waals surface area contributed by atoms with Gasteiger partial charge in [0.1, 0.15) is 36.6 Å². The summed E-state index contributed by atoms with van der Waals surface area (Å²) in [7, 11) is 0. The molecular formula is C10H18O9. The van der Waals surface area contributed by atoms with Gasteiger partial charge in [0, 0.05) is 0 Å². The maximum Gasteiger partial charge on any atom is 0.189 e. The van der Waals surface area contributed by atoms with E-state index in [1.165, 1.54) is 0 Å². The van der Waals surface area contributed by atoms with Crippen LogP contribution in [-0.4, -0.2) is 93.1 Å². The second kappa shape index (κ2) is 5.95. The Morgan fingerprint density at radius 2 is 1.00 bits per heavy atom. The summed E-state index contributed by atoms with van der Waals surface area (Å²) >= 11 is 0. The highest BCUT2D eigenvalue weighted by molar-refractivity contribution is 4.86. The fraction of sp³-hybridized carbons (Fsp3) is 1.00. The number of aliphatic hydroxyl groups excluding tert-OH is 6. The predicted octanol–water partition coefficient (Wildman–Crippen LogP) is -4.12. The average Bonchev–Trinajstić information content (AvgIpc) is 2.39. The van der Waals surface area contributed by atoms with E-state index in [0.717, 1.165) is 0 Å². The summed E-state index contributed by atoms with van der Waals surface area (Å²) in [4.78, 5) is 0. The van der Waals surface area contributed by atoms with Gasteiger partial charge in [0.05, 0.1) is 13.2 Å². The molecule has 2 saturated heterocycles. The molecule has 0 bridgehead atoms. The Morgan fingerprint density at radius 3 is 1.37 bits per heavy atom. The molecule has 0 aromatic heterocycles. The van der Waals surface area contributed by atoms with E-state index in [1.807, 2.05) is 0 Å². The van der Waals surface area contributed by atoms with Crippen LogP contribution < -0.4 is 0 Å². The van der Waals surface area contributed by atoms with Crippen molar-refractivity contribution in [2.24, 2.45) is 0 Å². The van der Waals surface area contributed by atoms with Gasteiger partial charge in [-0.2, -0.15) is 0 Å². The minimum absolute atomic E-state index is 0.253. The van der Waals surface area contributed by atoms with Crippen molar-refractivity contribution >= 4 is 0 Å². The number of aliphatic hydroxyl groups is 6. The summed E-state index contributed by atoms with van der Waals surface area (Å²) in [5, 5.41) is 56.7. The summed E-state index contributed by atoms with van der Waals surface area (Å²) in [5.41, 5.74) is 0. The molecule has 0 saturated carbocycles. The lowest BCUT2D eigenvalue weighted by Crippen LogP contribution is -2.59. The van der Waals surface area contributed by atoms with Gasteiger partial charge in [0.15, 0.2) is 12.6 Å². The normalized spacial score (nSPS) is 52.1. The molecule has 9 heteroatoms. The summed E-state index contributed by atoms with van der Waals surface area (Å²) in [5.74, 6) is 0. The summed E-state index contributed by atoms with van der Waals surface area (Å²) in [6, 6.07) is 0. The number of rotatable bonds is 2. The molecule has 0 radical (unpaired) electrons. The molecule has 2 aliphatic heterocycles. The first-order valence-corrected chi connectivity index (χ1v) is 5.89. The molecule has 0 unspecified atom stereocenters. The van der Waals surface area contributed by atoms with Crippen LogP contribution in [0.15, 0.2) is 0 Å². The fourth-order valence-corrected chi connectivity index (χ4v) is 1.93.